The molecule has 0 aliphatic rings. The van der Waals surface area contributed by atoms with Crippen molar-refractivity contribution in [3.05, 3.63) is 65.1 Å². The van der Waals surface area contributed by atoms with Gasteiger partial charge in [0.2, 0.25) is 0 Å². The van der Waals surface area contributed by atoms with E-state index < -0.39 is 0 Å². The third-order valence-corrected chi connectivity index (χ3v) is 2.86. The van der Waals surface area contributed by atoms with Crippen molar-refractivity contribution in [2.75, 3.05) is 0 Å². The molecular weight excluding hydrogens is 242 g/mol. The second kappa shape index (κ2) is 4.56. The molecule has 96 valence electrons. The Morgan fingerprint density at radius 3 is 2.63 bits per heavy atom. The fourth-order valence-electron chi connectivity index (χ4n) is 1.85. The highest BCUT2D eigenvalue weighted by atomic mass is 16.2. The van der Waals surface area contributed by atoms with Gasteiger partial charge in [-0.25, -0.2) is 14.2 Å². The molecule has 0 saturated heterocycles. The zero-order valence-electron chi connectivity index (χ0n) is 10.5. The number of aromatic nitrogens is 5. The van der Waals surface area contributed by atoms with Crippen LogP contribution in [-0.4, -0.2) is 24.1 Å². The van der Waals surface area contributed by atoms with Crippen molar-refractivity contribution in [1.82, 2.24) is 24.1 Å². The fourth-order valence-corrected chi connectivity index (χ4v) is 1.85. The van der Waals surface area contributed by atoms with Gasteiger partial charge in [-0.05, 0) is 18.2 Å². The highest BCUT2D eigenvalue weighted by molar-refractivity contribution is 5.30. The zero-order valence-corrected chi connectivity index (χ0v) is 10.5. The maximum absolute atomic E-state index is 11.7. The number of nitrogens with zero attached hydrogens (tertiary/aromatic N) is 5. The number of para-hydroxylation sites is 1. The zero-order chi connectivity index (χ0) is 13.2. The number of aryl methyl sites for hydroxylation is 1. The van der Waals surface area contributed by atoms with E-state index in [-0.39, 0.29) is 5.69 Å². The van der Waals surface area contributed by atoms with Crippen LogP contribution in [0.2, 0.25) is 0 Å². The van der Waals surface area contributed by atoms with Gasteiger partial charge >= 0.3 is 5.69 Å². The predicted molar refractivity (Wildman–Crippen MR) is 70.1 cm³/mol. The molecule has 0 aliphatic heterocycles. The van der Waals surface area contributed by atoms with Crippen LogP contribution in [0.15, 0.2) is 53.7 Å². The molecule has 0 bridgehead atoms. The third-order valence-electron chi connectivity index (χ3n) is 2.86. The van der Waals surface area contributed by atoms with E-state index in [2.05, 4.69) is 10.2 Å². The predicted octanol–water partition coefficient (Wildman–Crippen LogP) is 0.816. The van der Waals surface area contributed by atoms with E-state index in [9.17, 15) is 4.79 Å². The first-order valence-electron chi connectivity index (χ1n) is 5.92. The molecule has 0 radical (unpaired) electrons. The molecule has 6 nitrogen and oxygen atoms in total. The summed E-state index contributed by atoms with van der Waals surface area (Å²) in [4.78, 5) is 11.7. The molecule has 3 aromatic rings. The van der Waals surface area contributed by atoms with Gasteiger partial charge in [0.15, 0.2) is 0 Å². The van der Waals surface area contributed by atoms with E-state index in [4.69, 9.17) is 0 Å². The Morgan fingerprint density at radius 1 is 1.16 bits per heavy atom. The molecule has 0 saturated carbocycles. The smallest absolute Gasteiger partial charge is 0.285 e. The lowest BCUT2D eigenvalue weighted by atomic mass is 10.3. The van der Waals surface area contributed by atoms with Crippen molar-refractivity contribution in [2.45, 2.75) is 6.54 Å². The number of hydrogen-bond donors (Lipinski definition) is 0. The number of hydrogen-bond acceptors (Lipinski definition) is 3. The molecule has 0 spiro atoms. The van der Waals surface area contributed by atoms with Crippen LogP contribution in [0, 0.1) is 0 Å². The summed E-state index contributed by atoms with van der Waals surface area (Å²) in [7, 11) is 1.68. The summed E-state index contributed by atoms with van der Waals surface area (Å²) >= 11 is 0. The average molecular weight is 255 g/mol. The topological polar surface area (TPSA) is 57.6 Å². The van der Waals surface area contributed by atoms with Gasteiger partial charge in [0.1, 0.15) is 6.33 Å². The lowest BCUT2D eigenvalue weighted by molar-refractivity contribution is 0.628. The minimum atomic E-state index is -0.144. The Balaban J connectivity index is 1.86. The monoisotopic (exact) mass is 255 g/mol. The Bertz CT molecular complexity index is 738. The summed E-state index contributed by atoms with van der Waals surface area (Å²) in [5.41, 5.74) is 1.64. The number of rotatable bonds is 3. The molecule has 19 heavy (non-hydrogen) atoms. The molecule has 0 aliphatic carbocycles. The Morgan fingerprint density at radius 2 is 1.95 bits per heavy atom. The summed E-state index contributed by atoms with van der Waals surface area (Å²) in [5, 5.41) is 8.44. The Labute approximate surface area is 109 Å². The molecule has 2 heterocycles. The molecule has 0 N–H and O–H groups in total. The van der Waals surface area contributed by atoms with E-state index in [0.29, 0.717) is 6.54 Å². The van der Waals surface area contributed by atoms with E-state index in [1.807, 2.05) is 42.6 Å². The Hall–Kier alpha value is -2.63. The van der Waals surface area contributed by atoms with Crippen LogP contribution < -0.4 is 5.69 Å². The molecule has 0 unspecified atom stereocenters. The summed E-state index contributed by atoms with van der Waals surface area (Å²) < 4.78 is 4.61. The molecule has 6 heteroatoms. The molecule has 0 fully saturated rings. The lowest BCUT2D eigenvalue weighted by Crippen LogP contribution is -2.23. The largest absolute Gasteiger partial charge is 0.345 e. The molecule has 3 rings (SSSR count). The van der Waals surface area contributed by atoms with Crippen molar-refractivity contribution >= 4 is 0 Å². The number of benzene rings is 1. The fraction of sp³-hybridized carbons (Fsp3) is 0.154. The third kappa shape index (κ3) is 2.20. The van der Waals surface area contributed by atoms with Gasteiger partial charge < -0.3 is 0 Å². The van der Waals surface area contributed by atoms with Crippen LogP contribution in [-0.2, 0) is 13.6 Å². The van der Waals surface area contributed by atoms with Crippen LogP contribution >= 0.6 is 0 Å². The first-order valence-corrected chi connectivity index (χ1v) is 5.92. The molecular formula is C13H13N5O. The first kappa shape index (κ1) is 11.5. The van der Waals surface area contributed by atoms with Gasteiger partial charge in [-0.15, -0.1) is 0 Å². The lowest BCUT2D eigenvalue weighted by Gasteiger charge is -2.00. The maximum Gasteiger partial charge on any atom is 0.345 e. The van der Waals surface area contributed by atoms with Gasteiger partial charge in [0.25, 0.3) is 0 Å². The summed E-state index contributed by atoms with van der Waals surface area (Å²) in [6.45, 7) is 0.375. The SMILES string of the molecule is Cn1cnn(Cc2ccn(-c3ccccc3)n2)c1=O. The average Bonchev–Trinajstić information content (AvgIpc) is 3.02. The first-order chi connectivity index (χ1) is 9.24. The van der Waals surface area contributed by atoms with Crippen LogP contribution in [0.3, 0.4) is 0 Å². The summed E-state index contributed by atoms with van der Waals surface area (Å²) in [6.07, 6.45) is 3.37. The second-order valence-electron chi connectivity index (χ2n) is 4.27. The van der Waals surface area contributed by atoms with Crippen molar-refractivity contribution < 1.29 is 0 Å². The summed E-state index contributed by atoms with van der Waals surface area (Å²) in [6, 6.07) is 11.7. The van der Waals surface area contributed by atoms with Gasteiger partial charge in [-0.3, -0.25) is 4.57 Å². The van der Waals surface area contributed by atoms with Crippen LogP contribution in [0.5, 0.6) is 0 Å². The minimum absolute atomic E-state index is 0.144. The highest BCUT2D eigenvalue weighted by Crippen LogP contribution is 2.07. The van der Waals surface area contributed by atoms with E-state index >= 15 is 0 Å². The summed E-state index contributed by atoms with van der Waals surface area (Å²) in [5.74, 6) is 0. The van der Waals surface area contributed by atoms with Gasteiger partial charge in [0.05, 0.1) is 17.9 Å². The van der Waals surface area contributed by atoms with E-state index in [1.54, 1.807) is 11.7 Å². The van der Waals surface area contributed by atoms with Gasteiger partial charge in [0, 0.05) is 13.2 Å². The Kier molecular flexibility index (Phi) is 2.75. The van der Waals surface area contributed by atoms with Crippen LogP contribution in [0.1, 0.15) is 5.69 Å². The van der Waals surface area contributed by atoms with Gasteiger partial charge in [-0.2, -0.15) is 10.2 Å². The normalized spacial score (nSPS) is 10.8. The molecule has 1 aromatic carbocycles. The maximum atomic E-state index is 11.7. The standard InChI is InChI=1S/C13H13N5O/c1-16-10-14-18(13(16)19)9-11-7-8-17(15-11)12-5-3-2-4-6-12/h2-8,10H,9H2,1H3. The van der Waals surface area contributed by atoms with Crippen molar-refractivity contribution in [3.8, 4) is 5.69 Å². The van der Waals surface area contributed by atoms with Gasteiger partial charge in [-0.1, -0.05) is 18.2 Å². The highest BCUT2D eigenvalue weighted by Gasteiger charge is 2.05. The van der Waals surface area contributed by atoms with Crippen molar-refractivity contribution in [2.24, 2.45) is 7.05 Å². The van der Waals surface area contributed by atoms with E-state index in [1.165, 1.54) is 15.6 Å². The van der Waals surface area contributed by atoms with Crippen molar-refractivity contribution in [1.29, 1.82) is 0 Å². The molecule has 0 atom stereocenters. The molecule has 2 aromatic heterocycles. The quantitative estimate of drug-likeness (QED) is 0.696. The van der Waals surface area contributed by atoms with Crippen molar-refractivity contribution in [3.63, 3.8) is 0 Å². The van der Waals surface area contributed by atoms with E-state index in [0.717, 1.165) is 11.4 Å². The van der Waals surface area contributed by atoms with Crippen LogP contribution in [0.4, 0.5) is 0 Å². The minimum Gasteiger partial charge on any atom is -0.285 e. The molecule has 0 amide bonds. The second-order valence-corrected chi connectivity index (χ2v) is 4.27. The van der Waals surface area contributed by atoms with Crippen LogP contribution in [0.25, 0.3) is 5.69 Å².